The fourth-order valence-corrected chi connectivity index (χ4v) is 3.90. The van der Waals surface area contributed by atoms with Gasteiger partial charge in [-0.15, -0.1) is 0 Å². The van der Waals surface area contributed by atoms with Gasteiger partial charge in [-0.25, -0.2) is 0 Å². The molecule has 1 heterocycles. The smallest absolute Gasteiger partial charge is 0.203 e. The standard InChI is InChI=1S/C26H31NO3/c1-28-24-22(15-7-12-20-10-5-4-6-11-20)18-23(25(29-2)26(24)30-3)16-8-13-21-14-9-17-27-19-21/h4-6,9-11,14,17-19H,7-8,12-13,15-16H2,1-3H3. The van der Waals surface area contributed by atoms with Crippen LogP contribution in [0, 0.1) is 0 Å². The van der Waals surface area contributed by atoms with Gasteiger partial charge in [-0.3, -0.25) is 4.98 Å². The van der Waals surface area contributed by atoms with Crippen molar-refractivity contribution in [2.75, 3.05) is 21.3 Å². The second-order valence-electron chi connectivity index (χ2n) is 7.35. The van der Waals surface area contributed by atoms with Crippen molar-refractivity contribution in [2.24, 2.45) is 0 Å². The Morgan fingerprint density at radius 3 is 1.73 bits per heavy atom. The molecule has 3 rings (SSSR count). The van der Waals surface area contributed by atoms with Crippen LogP contribution in [0.2, 0.25) is 0 Å². The van der Waals surface area contributed by atoms with Crippen LogP contribution in [-0.2, 0) is 25.7 Å². The number of nitrogens with zero attached hydrogens (tertiary/aromatic N) is 1. The van der Waals surface area contributed by atoms with Gasteiger partial charge in [0.25, 0.3) is 0 Å². The van der Waals surface area contributed by atoms with Gasteiger partial charge in [-0.1, -0.05) is 36.4 Å². The number of aromatic nitrogens is 1. The van der Waals surface area contributed by atoms with E-state index < -0.39 is 0 Å². The largest absolute Gasteiger partial charge is 0.492 e. The first kappa shape index (κ1) is 21.7. The highest BCUT2D eigenvalue weighted by Gasteiger charge is 2.20. The first-order valence-corrected chi connectivity index (χ1v) is 10.5. The molecule has 0 bridgehead atoms. The van der Waals surface area contributed by atoms with E-state index in [0.29, 0.717) is 5.75 Å². The number of methoxy groups -OCH3 is 3. The summed E-state index contributed by atoms with van der Waals surface area (Å²) in [7, 11) is 5.06. The molecule has 0 aliphatic carbocycles. The highest BCUT2D eigenvalue weighted by atomic mass is 16.5. The van der Waals surface area contributed by atoms with Crippen molar-refractivity contribution < 1.29 is 14.2 Å². The van der Waals surface area contributed by atoms with Crippen LogP contribution in [0.3, 0.4) is 0 Å². The van der Waals surface area contributed by atoms with Crippen LogP contribution in [0.15, 0.2) is 60.9 Å². The molecule has 3 aromatic rings. The zero-order valence-corrected chi connectivity index (χ0v) is 18.2. The summed E-state index contributed by atoms with van der Waals surface area (Å²) in [4.78, 5) is 4.21. The molecule has 2 aromatic carbocycles. The zero-order valence-electron chi connectivity index (χ0n) is 18.2. The third kappa shape index (κ3) is 5.53. The third-order valence-corrected chi connectivity index (χ3v) is 5.35. The summed E-state index contributed by atoms with van der Waals surface area (Å²) in [5.41, 5.74) is 4.94. The van der Waals surface area contributed by atoms with Gasteiger partial charge >= 0.3 is 0 Å². The fourth-order valence-electron chi connectivity index (χ4n) is 3.90. The zero-order chi connectivity index (χ0) is 21.2. The first-order valence-electron chi connectivity index (χ1n) is 10.5. The minimum absolute atomic E-state index is 0.689. The Bertz CT molecular complexity index is 839. The Labute approximate surface area is 179 Å². The van der Waals surface area contributed by atoms with Crippen LogP contribution in [0.1, 0.15) is 35.1 Å². The maximum absolute atomic E-state index is 5.73. The number of rotatable bonds is 11. The maximum Gasteiger partial charge on any atom is 0.203 e. The molecule has 0 amide bonds. The lowest BCUT2D eigenvalue weighted by Crippen LogP contribution is -2.04. The molecule has 158 valence electrons. The molecule has 0 saturated heterocycles. The minimum Gasteiger partial charge on any atom is -0.492 e. The van der Waals surface area contributed by atoms with Gasteiger partial charge in [0, 0.05) is 12.4 Å². The molecule has 4 heteroatoms. The van der Waals surface area contributed by atoms with Crippen LogP contribution in [-0.4, -0.2) is 26.3 Å². The molecule has 30 heavy (non-hydrogen) atoms. The Hall–Kier alpha value is -3.01. The number of hydrogen-bond acceptors (Lipinski definition) is 4. The maximum atomic E-state index is 5.73. The van der Waals surface area contributed by atoms with Crippen molar-refractivity contribution in [3.63, 3.8) is 0 Å². The molecule has 0 N–H and O–H groups in total. The highest BCUT2D eigenvalue weighted by molar-refractivity contribution is 5.60. The van der Waals surface area contributed by atoms with E-state index in [1.54, 1.807) is 21.3 Å². The number of aryl methyl sites for hydroxylation is 4. The van der Waals surface area contributed by atoms with Gasteiger partial charge in [0.2, 0.25) is 5.75 Å². The number of benzene rings is 2. The van der Waals surface area contributed by atoms with Gasteiger partial charge in [0.1, 0.15) is 0 Å². The van der Waals surface area contributed by atoms with Gasteiger partial charge in [0.05, 0.1) is 21.3 Å². The lowest BCUT2D eigenvalue weighted by atomic mass is 9.97. The van der Waals surface area contributed by atoms with E-state index in [1.165, 1.54) is 16.7 Å². The predicted octanol–water partition coefficient (Wildman–Crippen LogP) is 5.46. The highest BCUT2D eigenvalue weighted by Crippen LogP contribution is 2.43. The van der Waals surface area contributed by atoms with Gasteiger partial charge < -0.3 is 14.2 Å². The monoisotopic (exact) mass is 405 g/mol. The van der Waals surface area contributed by atoms with Gasteiger partial charge in [-0.05, 0) is 72.9 Å². The quantitative estimate of drug-likeness (QED) is 0.425. The molecular weight excluding hydrogens is 374 g/mol. The second-order valence-corrected chi connectivity index (χ2v) is 7.35. The summed E-state index contributed by atoms with van der Waals surface area (Å²) < 4.78 is 17.2. The van der Waals surface area contributed by atoms with Gasteiger partial charge in [-0.2, -0.15) is 0 Å². The average Bonchev–Trinajstić information content (AvgIpc) is 2.80. The SMILES string of the molecule is COc1c(CCCc2ccccc2)cc(CCCc2cccnc2)c(OC)c1OC. The van der Waals surface area contributed by atoms with E-state index in [2.05, 4.69) is 47.4 Å². The van der Waals surface area contributed by atoms with Crippen molar-refractivity contribution in [1.82, 2.24) is 4.98 Å². The van der Waals surface area contributed by atoms with Crippen LogP contribution in [0.5, 0.6) is 17.2 Å². The fraction of sp³-hybridized carbons (Fsp3) is 0.346. The molecule has 0 fully saturated rings. The molecule has 0 aliphatic rings. The van der Waals surface area contributed by atoms with Crippen LogP contribution in [0.25, 0.3) is 0 Å². The predicted molar refractivity (Wildman–Crippen MR) is 121 cm³/mol. The first-order chi connectivity index (χ1) is 14.8. The van der Waals surface area contributed by atoms with Crippen molar-refractivity contribution in [1.29, 1.82) is 0 Å². The van der Waals surface area contributed by atoms with Crippen molar-refractivity contribution >= 4 is 0 Å². The van der Waals surface area contributed by atoms with Crippen LogP contribution < -0.4 is 14.2 Å². The van der Waals surface area contributed by atoms with E-state index in [4.69, 9.17) is 14.2 Å². The summed E-state index contributed by atoms with van der Waals surface area (Å²) in [6.45, 7) is 0. The molecule has 0 spiro atoms. The number of pyridine rings is 1. The molecule has 4 nitrogen and oxygen atoms in total. The Morgan fingerprint density at radius 2 is 1.20 bits per heavy atom. The Morgan fingerprint density at radius 1 is 0.633 bits per heavy atom. The topological polar surface area (TPSA) is 40.6 Å². The molecule has 0 saturated carbocycles. The normalized spacial score (nSPS) is 10.6. The van der Waals surface area contributed by atoms with E-state index >= 15 is 0 Å². The lowest BCUT2D eigenvalue weighted by molar-refractivity contribution is 0.319. The van der Waals surface area contributed by atoms with Crippen LogP contribution >= 0.6 is 0 Å². The van der Waals surface area contributed by atoms with Crippen LogP contribution in [0.4, 0.5) is 0 Å². The minimum atomic E-state index is 0.689. The molecule has 0 radical (unpaired) electrons. The Balaban J connectivity index is 1.77. The second kappa shape index (κ2) is 11.2. The average molecular weight is 406 g/mol. The number of ether oxygens (including phenoxy) is 3. The number of hydrogen-bond donors (Lipinski definition) is 0. The molecule has 0 atom stereocenters. The van der Waals surface area contributed by atoms with E-state index in [1.807, 2.05) is 18.5 Å². The molecular formula is C26H31NO3. The van der Waals surface area contributed by atoms with Crippen molar-refractivity contribution in [3.05, 3.63) is 83.2 Å². The van der Waals surface area contributed by atoms with Gasteiger partial charge in [0.15, 0.2) is 11.5 Å². The summed E-state index contributed by atoms with van der Waals surface area (Å²) in [6, 6.07) is 16.9. The Kier molecular flexibility index (Phi) is 8.13. The van der Waals surface area contributed by atoms with E-state index in [-0.39, 0.29) is 0 Å². The molecule has 0 unspecified atom stereocenters. The molecule has 0 aliphatic heterocycles. The summed E-state index contributed by atoms with van der Waals surface area (Å²) >= 11 is 0. The van der Waals surface area contributed by atoms with Crippen molar-refractivity contribution in [3.8, 4) is 17.2 Å². The lowest BCUT2D eigenvalue weighted by Gasteiger charge is -2.19. The van der Waals surface area contributed by atoms with E-state index in [9.17, 15) is 0 Å². The summed E-state index contributed by atoms with van der Waals surface area (Å²) in [5.74, 6) is 2.24. The van der Waals surface area contributed by atoms with E-state index in [0.717, 1.165) is 55.6 Å². The summed E-state index contributed by atoms with van der Waals surface area (Å²) in [5, 5.41) is 0. The van der Waals surface area contributed by atoms with Crippen molar-refractivity contribution in [2.45, 2.75) is 38.5 Å². The molecule has 1 aromatic heterocycles. The summed E-state index contributed by atoms with van der Waals surface area (Å²) in [6.07, 6.45) is 9.65. The third-order valence-electron chi connectivity index (χ3n) is 5.35.